The Kier molecular flexibility index (Phi) is 2.92. The highest BCUT2D eigenvalue weighted by Gasteiger charge is 2.35. The van der Waals surface area contributed by atoms with Crippen LogP contribution in [0.4, 0.5) is 5.69 Å². The van der Waals surface area contributed by atoms with E-state index in [1.807, 2.05) is 13.8 Å². The van der Waals surface area contributed by atoms with Gasteiger partial charge in [0.05, 0.1) is 22.7 Å². The third-order valence-corrected chi connectivity index (χ3v) is 3.14. The molecule has 18 heavy (non-hydrogen) atoms. The third kappa shape index (κ3) is 2.00. The first kappa shape index (κ1) is 12.3. The largest absolute Gasteiger partial charge is 0.305 e. The number of carbonyl (C=O) groups excluding carboxylic acids is 2. The minimum Gasteiger partial charge on any atom is -0.305 e. The molecule has 0 fully saturated rings. The summed E-state index contributed by atoms with van der Waals surface area (Å²) in [7, 11) is 0. The van der Waals surface area contributed by atoms with E-state index in [1.54, 1.807) is 24.3 Å². The summed E-state index contributed by atoms with van der Waals surface area (Å²) in [6, 6.07) is 9.15. The number of rotatable bonds is 3. The van der Waals surface area contributed by atoms with E-state index in [0.717, 1.165) is 0 Å². The maximum absolute atomic E-state index is 11.9. The minimum atomic E-state index is -0.499. The van der Waals surface area contributed by atoms with Crippen molar-refractivity contribution in [1.82, 2.24) is 0 Å². The molecule has 0 N–H and O–H groups in total. The summed E-state index contributed by atoms with van der Waals surface area (Å²) >= 11 is 0. The second-order valence-corrected chi connectivity index (χ2v) is 5.05. The Balaban J connectivity index is 2.23. The van der Waals surface area contributed by atoms with Crippen molar-refractivity contribution in [2.24, 2.45) is 5.41 Å². The second-order valence-electron chi connectivity index (χ2n) is 5.05. The first-order valence-electron chi connectivity index (χ1n) is 5.83. The molecule has 1 aromatic carbocycles. The van der Waals surface area contributed by atoms with Gasteiger partial charge in [-0.25, -0.2) is 0 Å². The Bertz CT molecular complexity index is 555. The zero-order valence-electron chi connectivity index (χ0n) is 10.4. The molecule has 2 rings (SSSR count). The van der Waals surface area contributed by atoms with Gasteiger partial charge in [0.1, 0.15) is 0 Å². The van der Waals surface area contributed by atoms with E-state index in [1.165, 1.54) is 4.90 Å². The highest BCUT2D eigenvalue weighted by atomic mass is 16.2. The highest BCUT2D eigenvalue weighted by Crippen LogP contribution is 2.30. The van der Waals surface area contributed by atoms with Gasteiger partial charge in [0.15, 0.2) is 0 Å². The van der Waals surface area contributed by atoms with Crippen molar-refractivity contribution < 1.29 is 9.59 Å². The summed E-state index contributed by atoms with van der Waals surface area (Å²) in [6.45, 7) is 4.03. The lowest BCUT2D eigenvalue weighted by Crippen LogP contribution is -2.32. The van der Waals surface area contributed by atoms with Gasteiger partial charge >= 0.3 is 0 Å². The maximum Gasteiger partial charge on any atom is 0.299 e. The lowest BCUT2D eigenvalue weighted by Gasteiger charge is -2.21. The van der Waals surface area contributed by atoms with Crippen LogP contribution in [0, 0.1) is 16.7 Å². The molecule has 0 saturated carbocycles. The van der Waals surface area contributed by atoms with Crippen molar-refractivity contribution in [3.05, 3.63) is 29.8 Å². The summed E-state index contributed by atoms with van der Waals surface area (Å²) in [5, 5.41) is 8.96. The number of hydrogen-bond donors (Lipinski definition) is 0. The molecule has 1 heterocycles. The van der Waals surface area contributed by atoms with Gasteiger partial charge in [-0.1, -0.05) is 12.1 Å². The Morgan fingerprint density at radius 1 is 1.28 bits per heavy atom. The zero-order valence-corrected chi connectivity index (χ0v) is 10.4. The number of hydrogen-bond acceptors (Lipinski definition) is 3. The van der Waals surface area contributed by atoms with Crippen molar-refractivity contribution in [1.29, 1.82) is 5.26 Å². The van der Waals surface area contributed by atoms with Crippen molar-refractivity contribution in [3.63, 3.8) is 0 Å². The fraction of sp³-hybridized carbons (Fsp3) is 0.357. The smallest absolute Gasteiger partial charge is 0.299 e. The number of ketones is 1. The number of amides is 1. The molecule has 0 radical (unpaired) electrons. The maximum atomic E-state index is 11.9. The number of para-hydroxylation sites is 1. The molecular formula is C14H14N2O2. The Hall–Kier alpha value is -2.15. The molecule has 0 aliphatic carbocycles. The average Bonchev–Trinajstić information content (AvgIpc) is 2.61. The molecule has 0 aromatic heterocycles. The number of benzene rings is 1. The van der Waals surface area contributed by atoms with E-state index in [9.17, 15) is 9.59 Å². The molecule has 1 aliphatic heterocycles. The molecule has 0 unspecified atom stereocenters. The van der Waals surface area contributed by atoms with Gasteiger partial charge in [-0.2, -0.15) is 5.26 Å². The number of Topliss-reactive ketones (excluding diaryl/α,β-unsaturated/α-hetero) is 1. The second kappa shape index (κ2) is 4.26. The average molecular weight is 242 g/mol. The minimum absolute atomic E-state index is 0.391. The standard InChI is InChI=1S/C14H14N2O2/c1-14(2,9-15)7-8-16-11-6-4-3-5-10(11)12(17)13(16)18/h3-6H,7-8H2,1-2H3. The van der Waals surface area contributed by atoms with Crippen LogP contribution in [0.2, 0.25) is 0 Å². The topological polar surface area (TPSA) is 61.2 Å². The Morgan fingerprint density at radius 2 is 1.94 bits per heavy atom. The number of fused-ring (bicyclic) bond motifs is 1. The molecular weight excluding hydrogens is 228 g/mol. The SMILES string of the molecule is CC(C)(C#N)CCN1C(=O)C(=O)c2ccccc21. The number of nitriles is 1. The van der Waals surface area contributed by atoms with Gasteiger partial charge in [0.2, 0.25) is 0 Å². The summed E-state index contributed by atoms with van der Waals surface area (Å²) in [4.78, 5) is 25.1. The number of carbonyl (C=O) groups is 2. The summed E-state index contributed by atoms with van der Waals surface area (Å²) in [5.41, 5.74) is 0.611. The van der Waals surface area contributed by atoms with Crippen LogP contribution in [0.15, 0.2) is 24.3 Å². The van der Waals surface area contributed by atoms with Crippen LogP contribution in [-0.2, 0) is 4.79 Å². The molecule has 0 bridgehead atoms. The first-order valence-corrected chi connectivity index (χ1v) is 5.83. The van der Waals surface area contributed by atoms with E-state index in [-0.39, 0.29) is 0 Å². The quantitative estimate of drug-likeness (QED) is 0.763. The summed E-state index contributed by atoms with van der Waals surface area (Å²) in [5.74, 6) is -0.953. The van der Waals surface area contributed by atoms with E-state index in [0.29, 0.717) is 24.2 Å². The lowest BCUT2D eigenvalue weighted by atomic mass is 9.91. The lowest BCUT2D eigenvalue weighted by molar-refractivity contribution is -0.114. The molecule has 1 aromatic rings. The Labute approximate surface area is 106 Å². The summed E-state index contributed by atoms with van der Waals surface area (Å²) in [6.07, 6.45) is 0.539. The molecule has 4 heteroatoms. The molecule has 4 nitrogen and oxygen atoms in total. The van der Waals surface area contributed by atoms with Gasteiger partial charge in [0, 0.05) is 6.54 Å². The fourth-order valence-corrected chi connectivity index (χ4v) is 1.92. The third-order valence-electron chi connectivity index (χ3n) is 3.14. The first-order chi connectivity index (χ1) is 8.46. The van der Waals surface area contributed by atoms with Crippen LogP contribution in [-0.4, -0.2) is 18.2 Å². The van der Waals surface area contributed by atoms with Crippen LogP contribution >= 0.6 is 0 Å². The molecule has 1 aliphatic rings. The van der Waals surface area contributed by atoms with E-state index < -0.39 is 17.1 Å². The van der Waals surface area contributed by atoms with Crippen molar-refractivity contribution in [2.45, 2.75) is 20.3 Å². The van der Waals surface area contributed by atoms with Crippen molar-refractivity contribution >= 4 is 17.4 Å². The summed E-state index contributed by atoms with van der Waals surface area (Å²) < 4.78 is 0. The predicted molar refractivity (Wildman–Crippen MR) is 67.1 cm³/mol. The molecule has 1 amide bonds. The van der Waals surface area contributed by atoms with Crippen LogP contribution in [0.5, 0.6) is 0 Å². The highest BCUT2D eigenvalue weighted by molar-refractivity contribution is 6.52. The normalized spacial score (nSPS) is 14.6. The van der Waals surface area contributed by atoms with Gasteiger partial charge in [-0.15, -0.1) is 0 Å². The molecule has 0 spiro atoms. The number of nitrogens with zero attached hydrogens (tertiary/aromatic N) is 2. The van der Waals surface area contributed by atoms with Crippen LogP contribution in [0.25, 0.3) is 0 Å². The van der Waals surface area contributed by atoms with Gasteiger partial charge in [0.25, 0.3) is 11.7 Å². The van der Waals surface area contributed by atoms with Crippen LogP contribution in [0.1, 0.15) is 30.6 Å². The van der Waals surface area contributed by atoms with E-state index in [2.05, 4.69) is 6.07 Å². The number of anilines is 1. The van der Waals surface area contributed by atoms with Crippen molar-refractivity contribution in [2.75, 3.05) is 11.4 Å². The molecule has 0 saturated heterocycles. The molecule has 92 valence electrons. The Morgan fingerprint density at radius 3 is 2.61 bits per heavy atom. The van der Waals surface area contributed by atoms with E-state index in [4.69, 9.17) is 5.26 Å². The van der Waals surface area contributed by atoms with Gasteiger partial charge < -0.3 is 4.90 Å². The predicted octanol–water partition coefficient (Wildman–Crippen LogP) is 2.16. The zero-order chi connectivity index (χ0) is 13.3. The monoisotopic (exact) mass is 242 g/mol. The molecule has 0 atom stereocenters. The van der Waals surface area contributed by atoms with Crippen LogP contribution < -0.4 is 4.90 Å². The fourth-order valence-electron chi connectivity index (χ4n) is 1.92. The van der Waals surface area contributed by atoms with E-state index >= 15 is 0 Å². The van der Waals surface area contributed by atoms with Gasteiger partial charge in [-0.05, 0) is 32.4 Å². The van der Waals surface area contributed by atoms with Gasteiger partial charge in [-0.3, -0.25) is 9.59 Å². The van der Waals surface area contributed by atoms with Crippen molar-refractivity contribution in [3.8, 4) is 6.07 Å². The van der Waals surface area contributed by atoms with Crippen LogP contribution in [0.3, 0.4) is 0 Å².